The van der Waals surface area contributed by atoms with E-state index in [1.165, 1.54) is 16.5 Å². The molecule has 0 bridgehead atoms. The van der Waals surface area contributed by atoms with E-state index in [0.29, 0.717) is 0 Å². The predicted octanol–water partition coefficient (Wildman–Crippen LogP) is 10.4. The molecule has 3 heteroatoms. The highest BCUT2D eigenvalue weighted by atomic mass is 14.3. The highest BCUT2D eigenvalue weighted by molar-refractivity contribution is 6.52. The third kappa shape index (κ3) is 9.68. The molecule has 0 aromatic carbocycles. The van der Waals surface area contributed by atoms with Gasteiger partial charge in [-0.2, -0.15) is 0 Å². The van der Waals surface area contributed by atoms with E-state index in [-0.39, 0.29) is 26.7 Å². The number of allylic oxidation sites excluding steroid dienone is 23. The van der Waals surface area contributed by atoms with Gasteiger partial charge in [0.2, 0.25) is 0 Å². The maximum absolute atomic E-state index is 3.77. The first-order valence-corrected chi connectivity index (χ1v) is 16.1. The Balaban J connectivity index is 1.74. The van der Waals surface area contributed by atoms with Gasteiger partial charge in [0.05, 0.1) is 0 Å². The van der Waals surface area contributed by atoms with Crippen molar-refractivity contribution in [3.63, 3.8) is 0 Å². The summed E-state index contributed by atoms with van der Waals surface area (Å²) in [6.07, 6.45) is 47.4. The van der Waals surface area contributed by atoms with Crippen LogP contribution in [0.4, 0.5) is 0 Å². The lowest BCUT2D eigenvalue weighted by atomic mass is 9.38. The molecule has 0 radical (unpaired) electrons. The summed E-state index contributed by atoms with van der Waals surface area (Å²) in [4.78, 5) is 0. The fraction of sp³-hybridized carbons (Fsp3) is 0.375. The molecule has 0 aromatic heterocycles. The van der Waals surface area contributed by atoms with Crippen molar-refractivity contribution in [3.05, 3.63) is 150 Å². The molecule has 222 valence electrons. The first-order valence-electron chi connectivity index (χ1n) is 16.1. The van der Waals surface area contributed by atoms with Gasteiger partial charge in [0.15, 0.2) is 14.6 Å². The molecule has 0 heterocycles. The van der Waals surface area contributed by atoms with Crippen LogP contribution in [0, 0.1) is 5.41 Å². The molecule has 2 unspecified atom stereocenters. The molecular formula is C40H53B3. The molecule has 0 fully saturated rings. The Hall–Kier alpha value is -3.15. The van der Waals surface area contributed by atoms with E-state index < -0.39 is 0 Å². The minimum Gasteiger partial charge on any atom is -0.133 e. The van der Waals surface area contributed by atoms with Crippen molar-refractivity contribution in [1.29, 1.82) is 0 Å². The Morgan fingerprint density at radius 2 is 1.56 bits per heavy atom. The summed E-state index contributed by atoms with van der Waals surface area (Å²) in [5.74, 6) is 0. The minimum absolute atomic E-state index is 0.0315. The van der Waals surface area contributed by atoms with Crippen LogP contribution in [0.5, 0.6) is 0 Å². The van der Waals surface area contributed by atoms with Gasteiger partial charge < -0.3 is 0 Å². The summed E-state index contributed by atoms with van der Waals surface area (Å²) in [5, 5.41) is 0.157. The number of hydrogen-bond acceptors (Lipinski definition) is 0. The zero-order chi connectivity index (χ0) is 31.6. The second kappa shape index (κ2) is 14.6. The minimum atomic E-state index is -0.0661. The maximum atomic E-state index is 3.77. The summed E-state index contributed by atoms with van der Waals surface area (Å²) < 4.78 is 0. The van der Waals surface area contributed by atoms with Crippen LogP contribution in [0.25, 0.3) is 0 Å². The second-order valence-electron chi connectivity index (χ2n) is 14.8. The van der Waals surface area contributed by atoms with Crippen molar-refractivity contribution >= 4 is 21.8 Å². The molecule has 0 aromatic rings. The largest absolute Gasteiger partial charge is 0.173 e. The second-order valence-corrected chi connectivity index (χ2v) is 14.8. The number of rotatable bonds is 11. The van der Waals surface area contributed by atoms with Gasteiger partial charge in [-0.05, 0) is 47.1 Å². The van der Waals surface area contributed by atoms with Gasteiger partial charge in [0.25, 0.3) is 0 Å². The van der Waals surface area contributed by atoms with Crippen LogP contribution in [-0.4, -0.2) is 21.8 Å². The molecule has 0 N–H and O–H groups in total. The molecule has 3 aliphatic carbocycles. The summed E-state index contributed by atoms with van der Waals surface area (Å²) in [7, 11) is 3.06. The Morgan fingerprint density at radius 3 is 2.23 bits per heavy atom. The van der Waals surface area contributed by atoms with Gasteiger partial charge in [-0.25, -0.2) is 0 Å². The molecular weight excluding hydrogens is 513 g/mol. The molecule has 43 heavy (non-hydrogen) atoms. The molecule has 3 rings (SSSR count). The zero-order valence-electron chi connectivity index (χ0n) is 28.3. The first-order chi connectivity index (χ1) is 20.3. The zero-order valence-corrected chi connectivity index (χ0v) is 28.3. The number of hydrogen-bond donors (Lipinski definition) is 0. The summed E-state index contributed by atoms with van der Waals surface area (Å²) in [6.45, 7) is 22.5. The van der Waals surface area contributed by atoms with Crippen LogP contribution in [0.15, 0.2) is 150 Å². The van der Waals surface area contributed by atoms with Gasteiger partial charge in [0, 0.05) is 5.41 Å². The fourth-order valence-electron chi connectivity index (χ4n) is 6.67. The molecule has 0 amide bonds. The van der Waals surface area contributed by atoms with E-state index in [2.05, 4.69) is 183 Å². The SMILES string of the molecule is C=C=CC/C(BC(C)(C)C1(C)C=CC=C(BC2(C)/C=C\C=C(\C(C)(C)BC3(C)C=CC=CC=C3)C/C=C\2)C=C1)=C/C=C\C. The predicted molar refractivity (Wildman–Crippen MR) is 200 cm³/mol. The van der Waals surface area contributed by atoms with Crippen molar-refractivity contribution < 1.29 is 0 Å². The molecule has 0 saturated heterocycles. The van der Waals surface area contributed by atoms with Crippen LogP contribution in [0.2, 0.25) is 21.3 Å². The van der Waals surface area contributed by atoms with Crippen molar-refractivity contribution in [3.8, 4) is 0 Å². The average molecular weight is 566 g/mol. The lowest BCUT2D eigenvalue weighted by Gasteiger charge is -2.40. The van der Waals surface area contributed by atoms with Gasteiger partial charge >= 0.3 is 0 Å². The average Bonchev–Trinajstić information content (AvgIpc) is 3.25. The third-order valence-electron chi connectivity index (χ3n) is 9.73. The molecule has 2 atom stereocenters. The van der Waals surface area contributed by atoms with E-state index in [1.54, 1.807) is 0 Å². The third-order valence-corrected chi connectivity index (χ3v) is 9.73. The van der Waals surface area contributed by atoms with Crippen molar-refractivity contribution in [1.82, 2.24) is 0 Å². The van der Waals surface area contributed by atoms with Crippen LogP contribution in [-0.2, 0) is 0 Å². The van der Waals surface area contributed by atoms with E-state index >= 15 is 0 Å². The molecule has 3 aliphatic rings. The lowest BCUT2D eigenvalue weighted by Crippen LogP contribution is -2.32. The molecule has 0 nitrogen and oxygen atoms in total. The monoisotopic (exact) mass is 566 g/mol. The fourth-order valence-corrected chi connectivity index (χ4v) is 6.67. The normalized spacial score (nSPS) is 28.0. The van der Waals surface area contributed by atoms with Gasteiger partial charge in [-0.1, -0.05) is 182 Å². The van der Waals surface area contributed by atoms with Gasteiger partial charge in [-0.15, -0.1) is 11.2 Å². The maximum Gasteiger partial charge on any atom is 0.173 e. The quantitative estimate of drug-likeness (QED) is 0.101. The summed E-state index contributed by atoms with van der Waals surface area (Å²) in [6, 6.07) is 0. The highest BCUT2D eigenvalue weighted by Crippen LogP contribution is 2.50. The Labute approximate surface area is 266 Å². The van der Waals surface area contributed by atoms with E-state index in [1.807, 2.05) is 6.08 Å². The Bertz CT molecular complexity index is 1370. The molecule has 0 spiro atoms. The topological polar surface area (TPSA) is 0 Å². The summed E-state index contributed by atoms with van der Waals surface area (Å²) >= 11 is 0. The van der Waals surface area contributed by atoms with Gasteiger partial charge in [-0.3, -0.25) is 0 Å². The van der Waals surface area contributed by atoms with Crippen molar-refractivity contribution in [2.45, 2.75) is 89.5 Å². The van der Waals surface area contributed by atoms with E-state index in [4.69, 9.17) is 0 Å². The Kier molecular flexibility index (Phi) is 11.6. The Morgan fingerprint density at radius 1 is 0.884 bits per heavy atom. The van der Waals surface area contributed by atoms with E-state index in [0.717, 1.165) is 34.7 Å². The lowest BCUT2D eigenvalue weighted by molar-refractivity contribution is 0.401. The van der Waals surface area contributed by atoms with Crippen molar-refractivity contribution in [2.75, 3.05) is 0 Å². The van der Waals surface area contributed by atoms with E-state index in [9.17, 15) is 0 Å². The highest BCUT2D eigenvalue weighted by Gasteiger charge is 2.39. The molecule has 0 saturated carbocycles. The van der Waals surface area contributed by atoms with Gasteiger partial charge in [0.1, 0.15) is 7.28 Å². The standard InChI is InChI=1S/C40H53B3/c1-10-12-23-34(24-13-11-2)41-37(5,6)38(7)27-20-25-35(26-32-38)42-39(8)30-18-21-33(22-19-31-39)36(3,4)43-40(9)28-16-14-15-17-29-40/h11-21,24-32,41-43H,1,22-23H2,2-9H3/b13-11-,30-18-,31-19-,33-21+,34-24-. The van der Waals surface area contributed by atoms with Crippen LogP contribution in [0.1, 0.15) is 68.2 Å². The van der Waals surface area contributed by atoms with Crippen LogP contribution < -0.4 is 0 Å². The van der Waals surface area contributed by atoms with Crippen LogP contribution in [0.3, 0.4) is 0 Å². The molecule has 0 aliphatic heterocycles. The first kappa shape index (κ1) is 34.3. The summed E-state index contributed by atoms with van der Waals surface area (Å²) in [5.41, 5.74) is 7.14. The van der Waals surface area contributed by atoms with Crippen LogP contribution >= 0.6 is 0 Å². The smallest absolute Gasteiger partial charge is 0.133 e. The van der Waals surface area contributed by atoms with Crippen molar-refractivity contribution in [2.24, 2.45) is 5.41 Å².